The number of nitrogens with one attached hydrogen (secondary N) is 1. The number of nitrogens with two attached hydrogens (primary N) is 1. The van der Waals surface area contributed by atoms with Crippen LogP contribution in [0.4, 0.5) is 18.9 Å². The third kappa shape index (κ3) is 6.03. The van der Waals surface area contributed by atoms with Crippen LogP contribution < -0.4 is 11.1 Å². The monoisotopic (exact) mass is 317 g/mol. The van der Waals surface area contributed by atoms with Crippen LogP contribution in [0.2, 0.25) is 0 Å². The van der Waals surface area contributed by atoms with Gasteiger partial charge in [0.15, 0.2) is 0 Å². The number of halogens is 3. The molecule has 0 saturated carbocycles. The topological polar surface area (TPSA) is 58.4 Å². The Hall–Kier alpha value is -1.60. The fraction of sp³-hybridized carbons (Fsp3) is 0.533. The van der Waals surface area contributed by atoms with Crippen LogP contribution in [0.1, 0.15) is 26.3 Å². The standard InChI is InChI=1S/C15H22F3N3O/c1-4-21(10-14(2,3)19)9-13(22)20-12-8-6-5-7-11(12)15(16,17)18/h5-8H,4,9-10,19H2,1-3H3,(H,20,22). The number of carbonyl (C=O) groups excluding carboxylic acids is 1. The normalized spacial score (nSPS) is 12.5. The van der Waals surface area contributed by atoms with Crippen LogP contribution in [0.15, 0.2) is 24.3 Å². The van der Waals surface area contributed by atoms with E-state index in [1.807, 2.05) is 20.8 Å². The first-order valence-corrected chi connectivity index (χ1v) is 7.00. The van der Waals surface area contributed by atoms with Gasteiger partial charge in [0, 0.05) is 12.1 Å². The molecule has 1 rings (SSSR count). The van der Waals surface area contributed by atoms with Gasteiger partial charge in [0.2, 0.25) is 5.91 Å². The van der Waals surface area contributed by atoms with Crippen LogP contribution in [0.3, 0.4) is 0 Å². The van der Waals surface area contributed by atoms with Gasteiger partial charge in [-0.2, -0.15) is 13.2 Å². The van der Waals surface area contributed by atoms with Gasteiger partial charge in [0.05, 0.1) is 17.8 Å². The van der Waals surface area contributed by atoms with Crippen LogP contribution in [-0.4, -0.2) is 36.0 Å². The Bertz CT molecular complexity index is 509. The molecule has 0 aromatic heterocycles. The quantitative estimate of drug-likeness (QED) is 0.848. The molecule has 0 heterocycles. The summed E-state index contributed by atoms with van der Waals surface area (Å²) in [5, 5.41) is 2.33. The van der Waals surface area contributed by atoms with Crippen molar-refractivity contribution in [2.24, 2.45) is 5.73 Å². The van der Waals surface area contributed by atoms with Crippen molar-refractivity contribution in [3.8, 4) is 0 Å². The van der Waals surface area contributed by atoms with E-state index < -0.39 is 23.2 Å². The lowest BCUT2D eigenvalue weighted by Crippen LogP contribution is -2.47. The van der Waals surface area contributed by atoms with Crippen LogP contribution >= 0.6 is 0 Å². The predicted molar refractivity (Wildman–Crippen MR) is 80.5 cm³/mol. The maximum absolute atomic E-state index is 12.9. The van der Waals surface area contributed by atoms with E-state index in [9.17, 15) is 18.0 Å². The van der Waals surface area contributed by atoms with Crippen LogP contribution in [0, 0.1) is 0 Å². The molecule has 0 aliphatic carbocycles. The average molecular weight is 317 g/mol. The van der Waals surface area contributed by atoms with Crippen molar-refractivity contribution in [3.05, 3.63) is 29.8 Å². The highest BCUT2D eigenvalue weighted by molar-refractivity contribution is 5.93. The van der Waals surface area contributed by atoms with Crippen molar-refractivity contribution < 1.29 is 18.0 Å². The molecule has 0 fully saturated rings. The Balaban J connectivity index is 2.77. The van der Waals surface area contributed by atoms with Gasteiger partial charge in [0.25, 0.3) is 0 Å². The van der Waals surface area contributed by atoms with Crippen molar-refractivity contribution >= 4 is 11.6 Å². The van der Waals surface area contributed by atoms with Gasteiger partial charge in [-0.3, -0.25) is 9.69 Å². The Morgan fingerprint density at radius 1 is 1.27 bits per heavy atom. The lowest BCUT2D eigenvalue weighted by Gasteiger charge is -2.28. The van der Waals surface area contributed by atoms with Gasteiger partial charge >= 0.3 is 6.18 Å². The molecule has 1 aromatic carbocycles. The molecule has 1 amide bonds. The summed E-state index contributed by atoms with van der Waals surface area (Å²) in [7, 11) is 0. The zero-order chi connectivity index (χ0) is 17.0. The van der Waals surface area contributed by atoms with Crippen molar-refractivity contribution in [2.45, 2.75) is 32.5 Å². The van der Waals surface area contributed by atoms with E-state index >= 15 is 0 Å². The molecular weight excluding hydrogens is 295 g/mol. The molecule has 1 aromatic rings. The number of rotatable bonds is 6. The van der Waals surface area contributed by atoms with Gasteiger partial charge in [0.1, 0.15) is 0 Å². The molecule has 0 spiro atoms. The van der Waals surface area contributed by atoms with Crippen LogP contribution in [0.5, 0.6) is 0 Å². The Kier molecular flexibility index (Phi) is 5.96. The van der Waals surface area contributed by atoms with Gasteiger partial charge in [-0.15, -0.1) is 0 Å². The molecule has 0 unspecified atom stereocenters. The van der Waals surface area contributed by atoms with Crippen molar-refractivity contribution in [1.29, 1.82) is 0 Å². The number of para-hydroxylation sites is 1. The minimum absolute atomic E-state index is 0.0106. The molecule has 4 nitrogen and oxygen atoms in total. The van der Waals surface area contributed by atoms with E-state index in [1.54, 1.807) is 4.90 Å². The second-order valence-corrected chi connectivity index (χ2v) is 5.88. The van der Waals surface area contributed by atoms with Crippen molar-refractivity contribution in [1.82, 2.24) is 4.90 Å². The van der Waals surface area contributed by atoms with E-state index in [2.05, 4.69) is 5.32 Å². The minimum Gasteiger partial charge on any atom is -0.324 e. The number of benzene rings is 1. The SMILES string of the molecule is CCN(CC(=O)Nc1ccccc1C(F)(F)F)CC(C)(C)N. The third-order valence-corrected chi connectivity index (χ3v) is 2.95. The molecule has 124 valence electrons. The summed E-state index contributed by atoms with van der Waals surface area (Å²) in [4.78, 5) is 13.8. The highest BCUT2D eigenvalue weighted by atomic mass is 19.4. The largest absolute Gasteiger partial charge is 0.418 e. The fourth-order valence-corrected chi connectivity index (χ4v) is 2.09. The van der Waals surface area contributed by atoms with E-state index in [-0.39, 0.29) is 12.2 Å². The molecule has 0 bridgehead atoms. The molecule has 0 saturated heterocycles. The number of hydrogen-bond acceptors (Lipinski definition) is 3. The Labute approximate surface area is 128 Å². The molecule has 0 aliphatic rings. The zero-order valence-corrected chi connectivity index (χ0v) is 13.0. The lowest BCUT2D eigenvalue weighted by molar-refractivity contribution is -0.137. The lowest BCUT2D eigenvalue weighted by atomic mass is 10.1. The molecule has 7 heteroatoms. The first-order chi connectivity index (χ1) is 10.0. The van der Waals surface area contributed by atoms with E-state index in [0.717, 1.165) is 6.07 Å². The predicted octanol–water partition coefficient (Wildman–Crippen LogP) is 2.70. The molecule has 3 N–H and O–H groups in total. The van der Waals surface area contributed by atoms with Gasteiger partial charge < -0.3 is 11.1 Å². The van der Waals surface area contributed by atoms with E-state index in [4.69, 9.17) is 5.73 Å². The minimum atomic E-state index is -4.51. The number of likely N-dealkylation sites (N-methyl/N-ethyl adjacent to an activating group) is 1. The molecule has 22 heavy (non-hydrogen) atoms. The molecule has 0 aliphatic heterocycles. The molecule has 0 atom stereocenters. The molecule has 0 radical (unpaired) electrons. The summed E-state index contributed by atoms with van der Waals surface area (Å²) in [5.41, 5.74) is 4.32. The number of nitrogens with zero attached hydrogens (tertiary/aromatic N) is 1. The van der Waals surface area contributed by atoms with E-state index in [1.165, 1.54) is 18.2 Å². The smallest absolute Gasteiger partial charge is 0.324 e. The van der Waals surface area contributed by atoms with Gasteiger partial charge in [-0.1, -0.05) is 19.1 Å². The maximum Gasteiger partial charge on any atom is 0.418 e. The summed E-state index contributed by atoms with van der Waals surface area (Å²) >= 11 is 0. The van der Waals surface area contributed by atoms with Crippen LogP contribution in [0.25, 0.3) is 0 Å². The maximum atomic E-state index is 12.9. The summed E-state index contributed by atoms with van der Waals surface area (Å²) in [6.07, 6.45) is -4.51. The third-order valence-electron chi connectivity index (χ3n) is 2.95. The summed E-state index contributed by atoms with van der Waals surface area (Å²) in [5.74, 6) is -0.497. The Morgan fingerprint density at radius 2 is 1.86 bits per heavy atom. The first-order valence-electron chi connectivity index (χ1n) is 7.00. The van der Waals surface area contributed by atoms with Crippen LogP contribution in [-0.2, 0) is 11.0 Å². The summed E-state index contributed by atoms with van der Waals surface area (Å²) in [6, 6.07) is 4.92. The highest BCUT2D eigenvalue weighted by Gasteiger charge is 2.33. The number of anilines is 1. The fourth-order valence-electron chi connectivity index (χ4n) is 2.09. The number of hydrogen-bond donors (Lipinski definition) is 2. The summed E-state index contributed by atoms with van der Waals surface area (Å²) in [6.45, 7) is 6.55. The highest BCUT2D eigenvalue weighted by Crippen LogP contribution is 2.34. The average Bonchev–Trinajstić information content (AvgIpc) is 2.35. The summed E-state index contributed by atoms with van der Waals surface area (Å²) < 4.78 is 38.6. The number of carbonyl (C=O) groups is 1. The number of alkyl halides is 3. The second-order valence-electron chi connectivity index (χ2n) is 5.88. The number of amides is 1. The van der Waals surface area contributed by atoms with Gasteiger partial charge in [-0.05, 0) is 32.5 Å². The van der Waals surface area contributed by atoms with Crippen molar-refractivity contribution in [2.75, 3.05) is 25.0 Å². The molecular formula is C15H22F3N3O. The Morgan fingerprint density at radius 3 is 2.36 bits per heavy atom. The van der Waals surface area contributed by atoms with Gasteiger partial charge in [-0.25, -0.2) is 0 Å². The van der Waals surface area contributed by atoms with Crippen molar-refractivity contribution in [3.63, 3.8) is 0 Å². The second kappa shape index (κ2) is 7.11. The van der Waals surface area contributed by atoms with E-state index in [0.29, 0.717) is 13.1 Å². The zero-order valence-electron chi connectivity index (χ0n) is 13.0. The first kappa shape index (κ1) is 18.4.